The van der Waals surface area contributed by atoms with Crippen LogP contribution in [-0.4, -0.2) is 25.1 Å². The van der Waals surface area contributed by atoms with Crippen LogP contribution in [-0.2, 0) is 0 Å². The van der Waals surface area contributed by atoms with Crippen molar-refractivity contribution >= 4 is 23.4 Å². The second-order valence-corrected chi connectivity index (χ2v) is 7.94. The molecule has 7 nitrogen and oxygen atoms in total. The molecule has 0 saturated heterocycles. The van der Waals surface area contributed by atoms with Crippen LogP contribution in [0.1, 0.15) is 23.6 Å². The average Bonchev–Trinajstić information content (AvgIpc) is 3.31. The van der Waals surface area contributed by atoms with Gasteiger partial charge in [0, 0.05) is 11.1 Å². The standard InChI is InChI=1S/C19H17ClN6OS/c1-11-7-9-13(10-8-11)18-24-23-17(27-18)12(2)28-19-25-22-16(26(19)21)14-5-3-4-6-15(14)20/h3-10,12H,21H2,1-2H3/t12-/m0/s1. The van der Waals surface area contributed by atoms with Crippen molar-refractivity contribution in [3.8, 4) is 22.8 Å². The van der Waals surface area contributed by atoms with Gasteiger partial charge in [-0.25, -0.2) is 4.68 Å². The monoisotopic (exact) mass is 412 g/mol. The van der Waals surface area contributed by atoms with E-state index in [0.717, 1.165) is 11.1 Å². The summed E-state index contributed by atoms with van der Waals surface area (Å²) in [5.74, 6) is 7.65. The molecule has 0 bridgehead atoms. The summed E-state index contributed by atoms with van der Waals surface area (Å²) in [6.07, 6.45) is 0. The largest absolute Gasteiger partial charge is 0.419 e. The minimum Gasteiger partial charge on any atom is -0.419 e. The fourth-order valence-electron chi connectivity index (χ4n) is 2.60. The molecule has 1 atom stereocenters. The summed E-state index contributed by atoms with van der Waals surface area (Å²) in [6.45, 7) is 3.97. The van der Waals surface area contributed by atoms with Crippen molar-refractivity contribution in [3.05, 3.63) is 65.0 Å². The number of aryl methyl sites for hydroxylation is 1. The van der Waals surface area contributed by atoms with Gasteiger partial charge < -0.3 is 10.3 Å². The smallest absolute Gasteiger partial charge is 0.247 e. The summed E-state index contributed by atoms with van der Waals surface area (Å²) in [6, 6.07) is 15.3. The van der Waals surface area contributed by atoms with Crippen molar-refractivity contribution in [1.82, 2.24) is 25.1 Å². The molecule has 0 unspecified atom stereocenters. The Labute approximate surface area is 170 Å². The Balaban J connectivity index is 1.54. The van der Waals surface area contributed by atoms with Gasteiger partial charge >= 0.3 is 0 Å². The number of thioether (sulfide) groups is 1. The van der Waals surface area contributed by atoms with Gasteiger partial charge in [0.2, 0.25) is 16.9 Å². The first-order valence-corrected chi connectivity index (χ1v) is 9.81. The van der Waals surface area contributed by atoms with Gasteiger partial charge in [0.05, 0.1) is 10.3 Å². The number of benzene rings is 2. The third kappa shape index (κ3) is 3.61. The van der Waals surface area contributed by atoms with Crippen LogP contribution in [0.15, 0.2) is 58.1 Å². The molecule has 2 N–H and O–H groups in total. The minimum atomic E-state index is -0.155. The van der Waals surface area contributed by atoms with Gasteiger partial charge in [-0.3, -0.25) is 0 Å². The first-order valence-electron chi connectivity index (χ1n) is 8.55. The summed E-state index contributed by atoms with van der Waals surface area (Å²) < 4.78 is 7.25. The molecule has 0 saturated carbocycles. The third-order valence-electron chi connectivity index (χ3n) is 4.15. The normalized spacial score (nSPS) is 12.2. The fraction of sp³-hybridized carbons (Fsp3) is 0.158. The van der Waals surface area contributed by atoms with E-state index in [1.54, 1.807) is 6.07 Å². The highest BCUT2D eigenvalue weighted by Gasteiger charge is 2.21. The predicted molar refractivity (Wildman–Crippen MR) is 109 cm³/mol. The zero-order chi connectivity index (χ0) is 19.7. The molecule has 4 rings (SSSR count). The highest BCUT2D eigenvalue weighted by Crippen LogP contribution is 2.35. The van der Waals surface area contributed by atoms with Crippen molar-refractivity contribution in [3.63, 3.8) is 0 Å². The molecule has 0 aliphatic rings. The molecule has 28 heavy (non-hydrogen) atoms. The Hall–Kier alpha value is -2.84. The van der Waals surface area contributed by atoms with Crippen LogP contribution < -0.4 is 5.84 Å². The lowest BCUT2D eigenvalue weighted by Crippen LogP contribution is -2.12. The Bertz CT molecular complexity index is 1110. The maximum absolute atomic E-state index is 6.24. The summed E-state index contributed by atoms with van der Waals surface area (Å²) in [5, 5.41) is 17.6. The van der Waals surface area contributed by atoms with Crippen LogP contribution in [0.4, 0.5) is 0 Å². The van der Waals surface area contributed by atoms with Gasteiger partial charge in [-0.2, -0.15) is 0 Å². The highest BCUT2D eigenvalue weighted by atomic mass is 35.5. The summed E-state index contributed by atoms with van der Waals surface area (Å²) in [7, 11) is 0. The highest BCUT2D eigenvalue weighted by molar-refractivity contribution is 7.99. The number of hydrogen-bond acceptors (Lipinski definition) is 7. The van der Waals surface area contributed by atoms with Crippen molar-refractivity contribution in [2.24, 2.45) is 0 Å². The van der Waals surface area contributed by atoms with E-state index < -0.39 is 0 Å². The van der Waals surface area contributed by atoms with Crippen molar-refractivity contribution < 1.29 is 4.42 Å². The van der Waals surface area contributed by atoms with E-state index in [1.807, 2.05) is 56.3 Å². The molecule has 9 heteroatoms. The maximum atomic E-state index is 6.24. The van der Waals surface area contributed by atoms with Gasteiger partial charge in [-0.15, -0.1) is 20.4 Å². The van der Waals surface area contributed by atoms with Crippen LogP contribution in [0.25, 0.3) is 22.8 Å². The van der Waals surface area contributed by atoms with E-state index in [1.165, 1.54) is 22.0 Å². The topological polar surface area (TPSA) is 95.7 Å². The molecule has 0 fully saturated rings. The summed E-state index contributed by atoms with van der Waals surface area (Å²) in [5.41, 5.74) is 2.77. The number of hydrogen-bond donors (Lipinski definition) is 1. The molecular weight excluding hydrogens is 396 g/mol. The molecule has 4 aromatic rings. The summed E-state index contributed by atoms with van der Waals surface area (Å²) >= 11 is 7.62. The molecule has 0 radical (unpaired) electrons. The van der Waals surface area contributed by atoms with Gasteiger partial charge in [0.25, 0.3) is 0 Å². The Kier molecular flexibility index (Phi) is 5.06. The number of halogens is 1. The lowest BCUT2D eigenvalue weighted by atomic mass is 10.1. The predicted octanol–water partition coefficient (Wildman–Crippen LogP) is 4.52. The van der Waals surface area contributed by atoms with E-state index in [0.29, 0.717) is 27.8 Å². The van der Waals surface area contributed by atoms with E-state index in [9.17, 15) is 0 Å². The fourth-order valence-corrected chi connectivity index (χ4v) is 3.62. The van der Waals surface area contributed by atoms with E-state index in [4.69, 9.17) is 21.9 Å². The van der Waals surface area contributed by atoms with Crippen molar-refractivity contribution in [2.75, 3.05) is 5.84 Å². The first-order chi connectivity index (χ1) is 13.5. The Morgan fingerprint density at radius 3 is 2.54 bits per heavy atom. The lowest BCUT2D eigenvalue weighted by molar-refractivity contribution is 0.509. The molecule has 0 aliphatic carbocycles. The van der Waals surface area contributed by atoms with Gasteiger partial charge in [-0.1, -0.05) is 53.2 Å². The van der Waals surface area contributed by atoms with Crippen LogP contribution >= 0.6 is 23.4 Å². The molecule has 0 spiro atoms. The molecule has 2 aromatic carbocycles. The average molecular weight is 413 g/mol. The number of nitrogen functional groups attached to an aromatic ring is 1. The third-order valence-corrected chi connectivity index (χ3v) is 5.52. The molecule has 2 heterocycles. The lowest BCUT2D eigenvalue weighted by Gasteiger charge is -2.07. The molecule has 142 valence electrons. The first kappa shape index (κ1) is 18.5. The number of rotatable bonds is 5. The minimum absolute atomic E-state index is 0.155. The van der Waals surface area contributed by atoms with E-state index in [-0.39, 0.29) is 5.25 Å². The molecule has 0 aliphatic heterocycles. The van der Waals surface area contributed by atoms with Crippen molar-refractivity contribution in [1.29, 1.82) is 0 Å². The zero-order valence-corrected chi connectivity index (χ0v) is 16.8. The number of nitrogens with zero attached hydrogens (tertiary/aromatic N) is 5. The van der Waals surface area contributed by atoms with Gasteiger partial charge in [-0.05, 0) is 38.1 Å². The van der Waals surface area contributed by atoms with Crippen molar-refractivity contribution in [2.45, 2.75) is 24.3 Å². The second-order valence-electron chi connectivity index (χ2n) is 6.23. The quantitative estimate of drug-likeness (QED) is 0.380. The van der Waals surface area contributed by atoms with E-state index >= 15 is 0 Å². The molecule has 0 amide bonds. The maximum Gasteiger partial charge on any atom is 0.247 e. The number of nitrogens with two attached hydrogens (primary N) is 1. The Morgan fingerprint density at radius 1 is 1.04 bits per heavy atom. The SMILES string of the molecule is Cc1ccc(-c2nnc([C@H](C)Sc3nnc(-c4ccccc4Cl)n3N)o2)cc1. The van der Waals surface area contributed by atoms with Crippen LogP contribution in [0.2, 0.25) is 5.02 Å². The van der Waals surface area contributed by atoms with Crippen LogP contribution in [0.3, 0.4) is 0 Å². The van der Waals surface area contributed by atoms with Crippen LogP contribution in [0, 0.1) is 6.92 Å². The van der Waals surface area contributed by atoms with Gasteiger partial charge in [0.1, 0.15) is 0 Å². The van der Waals surface area contributed by atoms with Gasteiger partial charge in [0.15, 0.2) is 5.82 Å². The molecular formula is C19H17ClN6OS. The number of aromatic nitrogens is 5. The van der Waals surface area contributed by atoms with E-state index in [2.05, 4.69) is 20.4 Å². The Morgan fingerprint density at radius 2 is 1.79 bits per heavy atom. The molecule has 2 aromatic heterocycles. The zero-order valence-electron chi connectivity index (χ0n) is 15.2. The summed E-state index contributed by atoms with van der Waals surface area (Å²) in [4.78, 5) is 0. The second kappa shape index (κ2) is 7.65. The van der Waals surface area contributed by atoms with Crippen LogP contribution in [0.5, 0.6) is 0 Å².